The molecule has 0 bridgehead atoms. The lowest BCUT2D eigenvalue weighted by Crippen LogP contribution is -2.42. The molecule has 1 fully saturated rings. The number of nitrogens with one attached hydrogen (secondary N) is 3. The van der Waals surface area contributed by atoms with Gasteiger partial charge in [-0.05, 0) is 54.7 Å². The minimum Gasteiger partial charge on any atom is -0.390 e. The predicted octanol–water partition coefficient (Wildman–Crippen LogP) is 2.89. The van der Waals surface area contributed by atoms with Crippen molar-refractivity contribution in [3.8, 4) is 11.4 Å². The number of aliphatic hydroxyl groups is 1. The monoisotopic (exact) mass is 432 g/mol. The van der Waals surface area contributed by atoms with Gasteiger partial charge >= 0.3 is 6.03 Å². The Morgan fingerprint density at radius 2 is 1.94 bits per heavy atom. The molecule has 2 aromatic carbocycles. The summed E-state index contributed by atoms with van der Waals surface area (Å²) in [5, 5.41) is 23.2. The second-order valence-electron chi connectivity index (χ2n) is 8.64. The molecule has 8 heteroatoms. The fourth-order valence-electron chi connectivity index (χ4n) is 4.10. The van der Waals surface area contributed by atoms with Gasteiger partial charge in [-0.15, -0.1) is 0 Å². The first-order chi connectivity index (χ1) is 15.6. The molecule has 1 unspecified atom stereocenters. The van der Waals surface area contributed by atoms with Gasteiger partial charge in [0.15, 0.2) is 5.82 Å². The molecule has 1 aromatic heterocycles. The van der Waals surface area contributed by atoms with Crippen molar-refractivity contribution in [3.63, 3.8) is 0 Å². The van der Waals surface area contributed by atoms with E-state index in [0.717, 1.165) is 30.9 Å². The number of H-pyrrole nitrogens is 1. The molecule has 2 heterocycles. The number of benzene rings is 2. The maximum Gasteiger partial charge on any atom is 0.319 e. The van der Waals surface area contributed by atoms with Crippen LogP contribution in [0, 0.1) is 0 Å². The number of β-amino-alcohol motifs (C(OH)–C–C–N with tert-alkyl or cyclic N) is 1. The molecule has 1 aliphatic heterocycles. The zero-order chi connectivity index (χ0) is 21.9. The van der Waals surface area contributed by atoms with Crippen LogP contribution in [-0.4, -0.2) is 57.0 Å². The number of aromatic nitrogens is 3. The van der Waals surface area contributed by atoms with Crippen molar-refractivity contribution in [2.75, 3.05) is 25.0 Å². The Hall–Kier alpha value is -3.23. The zero-order valence-corrected chi connectivity index (χ0v) is 17.9. The second-order valence-corrected chi connectivity index (χ2v) is 8.64. The summed E-state index contributed by atoms with van der Waals surface area (Å²) in [5.41, 5.74) is 4.27. The van der Waals surface area contributed by atoms with Gasteiger partial charge < -0.3 is 15.7 Å². The normalized spacial score (nSPS) is 16.9. The summed E-state index contributed by atoms with van der Waals surface area (Å²) < 4.78 is 0. The molecule has 1 aliphatic carbocycles. The largest absolute Gasteiger partial charge is 0.390 e. The Morgan fingerprint density at radius 1 is 1.16 bits per heavy atom. The molecule has 166 valence electrons. The van der Waals surface area contributed by atoms with Crippen LogP contribution in [0.3, 0.4) is 0 Å². The molecule has 32 heavy (non-hydrogen) atoms. The molecule has 2 aliphatic rings. The fraction of sp³-hybridized carbons (Fsp3) is 0.375. The lowest BCUT2D eigenvalue weighted by molar-refractivity contribution is 0.106. The van der Waals surface area contributed by atoms with E-state index in [4.69, 9.17) is 0 Å². The number of hydrogen-bond donors (Lipinski definition) is 4. The third kappa shape index (κ3) is 4.98. The Kier molecular flexibility index (Phi) is 5.87. The van der Waals surface area contributed by atoms with E-state index in [1.165, 1.54) is 24.0 Å². The number of aliphatic hydroxyl groups excluding tert-OH is 1. The van der Waals surface area contributed by atoms with Crippen molar-refractivity contribution in [3.05, 3.63) is 65.5 Å². The molecule has 3 aromatic rings. The van der Waals surface area contributed by atoms with Crippen LogP contribution in [0.25, 0.3) is 11.4 Å². The molecule has 1 atom stereocenters. The van der Waals surface area contributed by atoms with Gasteiger partial charge in [-0.25, -0.2) is 9.78 Å². The number of anilines is 1. The van der Waals surface area contributed by atoms with Crippen LogP contribution in [0.4, 0.5) is 10.5 Å². The highest BCUT2D eigenvalue weighted by atomic mass is 16.3. The van der Waals surface area contributed by atoms with Crippen LogP contribution in [0.5, 0.6) is 0 Å². The third-order valence-corrected chi connectivity index (χ3v) is 6.04. The topological polar surface area (TPSA) is 106 Å². The summed E-state index contributed by atoms with van der Waals surface area (Å²) in [4.78, 5) is 19.0. The molecule has 2 amide bonds. The smallest absolute Gasteiger partial charge is 0.319 e. The van der Waals surface area contributed by atoms with Crippen molar-refractivity contribution in [1.29, 1.82) is 0 Å². The molecule has 0 saturated heterocycles. The average molecular weight is 433 g/mol. The summed E-state index contributed by atoms with van der Waals surface area (Å²) in [6.07, 6.45) is 2.71. The average Bonchev–Trinajstić information content (AvgIpc) is 3.55. The van der Waals surface area contributed by atoms with E-state index in [-0.39, 0.29) is 12.6 Å². The van der Waals surface area contributed by atoms with Crippen LogP contribution in [-0.2, 0) is 13.0 Å². The minimum atomic E-state index is -0.625. The number of rotatable bonds is 7. The number of nitrogens with zero attached hydrogens (tertiary/aromatic N) is 3. The molecule has 4 N–H and O–H groups in total. The molecule has 1 saturated carbocycles. The number of hydrogen-bond acceptors (Lipinski definition) is 5. The first-order valence-electron chi connectivity index (χ1n) is 11.2. The first-order valence-corrected chi connectivity index (χ1v) is 11.2. The van der Waals surface area contributed by atoms with E-state index in [2.05, 4.69) is 48.9 Å². The van der Waals surface area contributed by atoms with Gasteiger partial charge in [0.25, 0.3) is 0 Å². The van der Waals surface area contributed by atoms with Crippen LogP contribution >= 0.6 is 0 Å². The fourth-order valence-corrected chi connectivity index (χ4v) is 4.10. The third-order valence-electron chi connectivity index (χ3n) is 6.04. The zero-order valence-electron chi connectivity index (χ0n) is 17.9. The quantitative estimate of drug-likeness (QED) is 0.459. The Bertz CT molecular complexity index is 1080. The molecule has 0 radical (unpaired) electrons. The minimum absolute atomic E-state index is 0.198. The highest BCUT2D eigenvalue weighted by molar-refractivity contribution is 5.89. The number of aromatic amines is 1. The summed E-state index contributed by atoms with van der Waals surface area (Å²) in [5.74, 6) is 2.15. The second kappa shape index (κ2) is 9.10. The van der Waals surface area contributed by atoms with Gasteiger partial charge in [0, 0.05) is 43.3 Å². The summed E-state index contributed by atoms with van der Waals surface area (Å²) in [6.45, 7) is 2.48. The van der Waals surface area contributed by atoms with Crippen molar-refractivity contribution in [1.82, 2.24) is 25.4 Å². The first kappa shape index (κ1) is 20.7. The van der Waals surface area contributed by atoms with Gasteiger partial charge in [0.1, 0.15) is 5.82 Å². The SMILES string of the molecule is O=C(NCC(O)CN1CCc2ccccc2C1)Nc1ccc(-c2n[nH]c(C3CC3)n2)cc1. The number of urea groups is 1. The number of carbonyl (C=O) groups is 1. The Morgan fingerprint density at radius 3 is 2.72 bits per heavy atom. The van der Waals surface area contributed by atoms with Crippen LogP contribution in [0.2, 0.25) is 0 Å². The molecule has 0 spiro atoms. The van der Waals surface area contributed by atoms with Gasteiger partial charge in [-0.2, -0.15) is 5.10 Å². The number of amides is 2. The van der Waals surface area contributed by atoms with Gasteiger partial charge in [0.05, 0.1) is 6.10 Å². The van der Waals surface area contributed by atoms with Gasteiger partial charge in [-0.3, -0.25) is 10.00 Å². The van der Waals surface area contributed by atoms with Crippen molar-refractivity contribution in [2.24, 2.45) is 0 Å². The summed E-state index contributed by atoms with van der Waals surface area (Å²) >= 11 is 0. The van der Waals surface area contributed by atoms with E-state index in [1.54, 1.807) is 0 Å². The molecule has 8 nitrogen and oxygen atoms in total. The lowest BCUT2D eigenvalue weighted by atomic mass is 10.00. The molecular weight excluding hydrogens is 404 g/mol. The predicted molar refractivity (Wildman–Crippen MR) is 122 cm³/mol. The van der Waals surface area contributed by atoms with Crippen molar-refractivity contribution in [2.45, 2.75) is 37.8 Å². The van der Waals surface area contributed by atoms with Crippen molar-refractivity contribution >= 4 is 11.7 Å². The van der Waals surface area contributed by atoms with Gasteiger partial charge in [0.2, 0.25) is 0 Å². The van der Waals surface area contributed by atoms with E-state index < -0.39 is 6.10 Å². The summed E-state index contributed by atoms with van der Waals surface area (Å²) in [7, 11) is 0. The standard InChI is InChI=1S/C24H28N6O2/c31-21(15-30-12-11-16-3-1-2-4-19(16)14-30)13-25-24(32)26-20-9-7-18(8-10-20)23-27-22(28-29-23)17-5-6-17/h1-4,7-10,17,21,31H,5-6,11-15H2,(H2,25,26,32)(H,27,28,29). The lowest BCUT2D eigenvalue weighted by Gasteiger charge is -2.30. The van der Waals surface area contributed by atoms with Crippen LogP contribution < -0.4 is 10.6 Å². The number of carbonyl (C=O) groups excluding carboxylic acids is 1. The maximum atomic E-state index is 12.2. The Labute approximate surface area is 187 Å². The van der Waals surface area contributed by atoms with E-state index in [0.29, 0.717) is 24.0 Å². The summed E-state index contributed by atoms with van der Waals surface area (Å²) in [6, 6.07) is 15.5. The van der Waals surface area contributed by atoms with Crippen LogP contribution in [0.15, 0.2) is 48.5 Å². The van der Waals surface area contributed by atoms with Crippen molar-refractivity contribution < 1.29 is 9.90 Å². The number of fused-ring (bicyclic) bond motifs is 1. The van der Waals surface area contributed by atoms with Gasteiger partial charge in [-0.1, -0.05) is 24.3 Å². The van der Waals surface area contributed by atoms with Crippen LogP contribution in [0.1, 0.15) is 35.7 Å². The highest BCUT2D eigenvalue weighted by Crippen LogP contribution is 2.38. The highest BCUT2D eigenvalue weighted by Gasteiger charge is 2.27. The van der Waals surface area contributed by atoms with E-state index >= 15 is 0 Å². The van der Waals surface area contributed by atoms with E-state index in [1.807, 2.05) is 30.3 Å². The molecule has 5 rings (SSSR count). The Balaban J connectivity index is 1.07. The molecular formula is C24H28N6O2. The maximum absolute atomic E-state index is 12.2. The van der Waals surface area contributed by atoms with E-state index in [9.17, 15) is 9.90 Å².